The molecule has 0 saturated heterocycles. The first kappa shape index (κ1) is 14.4. The predicted molar refractivity (Wildman–Crippen MR) is 81.3 cm³/mol. The van der Waals surface area contributed by atoms with E-state index in [4.69, 9.17) is 9.47 Å². The lowest BCUT2D eigenvalue weighted by Gasteiger charge is -2.01. The molecule has 0 aliphatic rings. The summed E-state index contributed by atoms with van der Waals surface area (Å²) in [6.45, 7) is 0.551. The van der Waals surface area contributed by atoms with E-state index in [2.05, 4.69) is 29.7 Å². The van der Waals surface area contributed by atoms with Crippen molar-refractivity contribution in [3.63, 3.8) is 0 Å². The van der Waals surface area contributed by atoms with Gasteiger partial charge in [0.2, 0.25) is 0 Å². The zero-order valence-corrected chi connectivity index (χ0v) is 12.8. The first-order valence-electron chi connectivity index (χ1n) is 5.97. The minimum atomic E-state index is 0.551. The average molecular weight is 295 g/mol. The molecule has 0 aliphatic carbocycles. The molecule has 0 atom stereocenters. The molecule has 0 N–H and O–H groups in total. The summed E-state index contributed by atoms with van der Waals surface area (Å²) in [7, 11) is 3.36. The highest BCUT2D eigenvalue weighted by Crippen LogP contribution is 2.24. The molecule has 102 valence electrons. The number of hydrogen-bond donors (Lipinski definition) is 1. The summed E-state index contributed by atoms with van der Waals surface area (Å²) in [4.78, 5) is 5.81. The van der Waals surface area contributed by atoms with Crippen LogP contribution in [0.25, 0.3) is 0 Å². The summed E-state index contributed by atoms with van der Waals surface area (Å²) >= 11 is 6.04. The van der Waals surface area contributed by atoms with Gasteiger partial charge in [-0.1, -0.05) is 12.1 Å². The van der Waals surface area contributed by atoms with Gasteiger partial charge in [0.15, 0.2) is 0 Å². The van der Waals surface area contributed by atoms with Gasteiger partial charge in [-0.25, -0.2) is 4.98 Å². The van der Waals surface area contributed by atoms with E-state index in [-0.39, 0.29) is 0 Å². The molecule has 1 aromatic heterocycles. The van der Waals surface area contributed by atoms with Crippen LogP contribution in [0.4, 0.5) is 0 Å². The van der Waals surface area contributed by atoms with Gasteiger partial charge in [-0.15, -0.1) is 11.3 Å². The van der Waals surface area contributed by atoms with Gasteiger partial charge in [0.25, 0.3) is 0 Å². The third-order valence-electron chi connectivity index (χ3n) is 2.76. The number of thiol groups is 1. The summed E-state index contributed by atoms with van der Waals surface area (Å²) in [6.07, 6.45) is 0.832. The molecular weight excluding hydrogens is 278 g/mol. The highest BCUT2D eigenvalue weighted by atomic mass is 32.1. The van der Waals surface area contributed by atoms with Crippen molar-refractivity contribution in [2.45, 2.75) is 18.8 Å². The van der Waals surface area contributed by atoms with Crippen molar-refractivity contribution in [2.24, 2.45) is 0 Å². The topological polar surface area (TPSA) is 31.4 Å². The van der Waals surface area contributed by atoms with E-state index in [0.717, 1.165) is 22.9 Å². The van der Waals surface area contributed by atoms with E-state index in [1.165, 1.54) is 10.4 Å². The normalized spacial score (nSPS) is 10.7. The third kappa shape index (κ3) is 3.72. The van der Waals surface area contributed by atoms with Gasteiger partial charge in [-0.05, 0) is 17.7 Å². The Bertz CT molecular complexity index is 523. The molecule has 5 heteroatoms. The predicted octanol–water partition coefficient (Wildman–Crippen LogP) is 3.32. The number of hydrogen-bond acceptors (Lipinski definition) is 5. The molecule has 0 aliphatic heterocycles. The lowest BCUT2D eigenvalue weighted by atomic mass is 10.1. The van der Waals surface area contributed by atoms with Crippen molar-refractivity contribution in [2.75, 3.05) is 14.2 Å². The fraction of sp³-hybridized carbons (Fsp3) is 0.357. The van der Waals surface area contributed by atoms with Crippen molar-refractivity contribution in [1.29, 1.82) is 0 Å². The van der Waals surface area contributed by atoms with Crippen LogP contribution >= 0.6 is 24.0 Å². The molecule has 2 aromatic rings. The van der Waals surface area contributed by atoms with Crippen molar-refractivity contribution in [1.82, 2.24) is 4.98 Å². The Morgan fingerprint density at radius 1 is 1.21 bits per heavy atom. The van der Waals surface area contributed by atoms with Crippen LogP contribution in [0.5, 0.6) is 5.75 Å². The third-order valence-corrected chi connectivity index (χ3v) is 4.39. The first-order chi connectivity index (χ1) is 9.26. The molecule has 0 saturated carbocycles. The lowest BCUT2D eigenvalue weighted by molar-refractivity contribution is 0.181. The summed E-state index contributed by atoms with van der Waals surface area (Å²) in [6, 6.07) is 8.07. The van der Waals surface area contributed by atoms with Crippen LogP contribution in [0.3, 0.4) is 0 Å². The Morgan fingerprint density at radius 3 is 2.53 bits per heavy atom. The molecular formula is C14H17NO2S2. The van der Waals surface area contributed by atoms with Crippen LogP contribution in [0.15, 0.2) is 24.3 Å². The Morgan fingerprint density at radius 2 is 1.95 bits per heavy atom. The van der Waals surface area contributed by atoms with Crippen LogP contribution in [0, 0.1) is 0 Å². The maximum atomic E-state index is 5.16. The molecule has 0 fully saturated rings. The Labute approximate surface area is 123 Å². The van der Waals surface area contributed by atoms with E-state index in [9.17, 15) is 0 Å². The number of methoxy groups -OCH3 is 2. The largest absolute Gasteiger partial charge is 0.497 e. The molecule has 0 bridgehead atoms. The van der Waals surface area contributed by atoms with Gasteiger partial charge in [0.05, 0.1) is 24.4 Å². The van der Waals surface area contributed by atoms with Crippen LogP contribution in [-0.2, 0) is 23.5 Å². The first-order valence-corrected chi connectivity index (χ1v) is 7.42. The molecule has 19 heavy (non-hydrogen) atoms. The molecule has 0 amide bonds. The van der Waals surface area contributed by atoms with E-state index in [0.29, 0.717) is 12.4 Å². The van der Waals surface area contributed by atoms with Crippen molar-refractivity contribution < 1.29 is 9.47 Å². The second kappa shape index (κ2) is 6.93. The van der Waals surface area contributed by atoms with E-state index in [1.807, 2.05) is 12.1 Å². The van der Waals surface area contributed by atoms with Gasteiger partial charge < -0.3 is 9.47 Å². The highest BCUT2D eigenvalue weighted by molar-refractivity contribution is 7.79. The van der Waals surface area contributed by atoms with E-state index in [1.54, 1.807) is 25.6 Å². The molecule has 2 rings (SSSR count). The van der Waals surface area contributed by atoms with Gasteiger partial charge in [-0.3, -0.25) is 0 Å². The molecule has 3 nitrogen and oxygen atoms in total. The van der Waals surface area contributed by atoms with Crippen LogP contribution in [0.2, 0.25) is 0 Å². The Balaban J connectivity index is 2.13. The quantitative estimate of drug-likeness (QED) is 0.830. The summed E-state index contributed by atoms with van der Waals surface area (Å²) < 4.78 is 10.3. The maximum Gasteiger partial charge on any atom is 0.118 e. The SMILES string of the molecule is COCc1nc(Cc2ccc(OC)cc2)sc1CS. The Hall–Kier alpha value is -1.04. The molecule has 0 spiro atoms. The number of nitrogens with zero attached hydrogens (tertiary/aromatic N) is 1. The number of aromatic nitrogens is 1. The zero-order chi connectivity index (χ0) is 13.7. The van der Waals surface area contributed by atoms with Gasteiger partial charge in [0.1, 0.15) is 5.75 Å². The monoisotopic (exact) mass is 295 g/mol. The second-order valence-electron chi connectivity index (χ2n) is 4.09. The van der Waals surface area contributed by atoms with E-state index < -0.39 is 0 Å². The fourth-order valence-electron chi connectivity index (χ4n) is 1.80. The summed E-state index contributed by atoms with van der Waals surface area (Å²) in [5, 5.41) is 1.10. The van der Waals surface area contributed by atoms with Crippen molar-refractivity contribution in [3.05, 3.63) is 45.4 Å². The van der Waals surface area contributed by atoms with Crippen molar-refractivity contribution >= 4 is 24.0 Å². The van der Waals surface area contributed by atoms with Crippen LogP contribution in [-0.4, -0.2) is 19.2 Å². The molecule has 1 aromatic carbocycles. The summed E-state index contributed by atoms with van der Waals surface area (Å²) in [5.41, 5.74) is 2.23. The van der Waals surface area contributed by atoms with Crippen LogP contribution < -0.4 is 4.74 Å². The van der Waals surface area contributed by atoms with Gasteiger partial charge in [-0.2, -0.15) is 12.6 Å². The summed E-state index contributed by atoms with van der Waals surface area (Å²) in [5.74, 6) is 1.58. The number of benzene rings is 1. The average Bonchev–Trinajstić information content (AvgIpc) is 2.82. The molecule has 0 radical (unpaired) electrons. The Kier molecular flexibility index (Phi) is 5.24. The van der Waals surface area contributed by atoms with Gasteiger partial charge in [0, 0.05) is 24.2 Å². The number of thiazole rings is 1. The standard InChI is InChI=1S/C14H17NO2S2/c1-16-8-12-13(9-18)19-14(15-12)7-10-3-5-11(17-2)6-4-10/h3-6,18H,7-9H2,1-2H3. The smallest absolute Gasteiger partial charge is 0.118 e. The number of rotatable bonds is 6. The fourth-order valence-corrected chi connectivity index (χ4v) is 3.15. The highest BCUT2D eigenvalue weighted by Gasteiger charge is 2.10. The maximum absolute atomic E-state index is 5.16. The zero-order valence-electron chi connectivity index (χ0n) is 11.0. The van der Waals surface area contributed by atoms with Crippen molar-refractivity contribution in [3.8, 4) is 5.75 Å². The molecule has 1 heterocycles. The second-order valence-corrected chi connectivity index (χ2v) is 5.58. The lowest BCUT2D eigenvalue weighted by Crippen LogP contribution is -1.93. The minimum Gasteiger partial charge on any atom is -0.497 e. The van der Waals surface area contributed by atoms with Gasteiger partial charge >= 0.3 is 0 Å². The molecule has 0 unspecified atom stereocenters. The van der Waals surface area contributed by atoms with Crippen LogP contribution in [0.1, 0.15) is 21.1 Å². The minimum absolute atomic E-state index is 0.551. The number of ether oxygens (including phenoxy) is 2. The van der Waals surface area contributed by atoms with E-state index >= 15 is 0 Å².